The molecule has 6 N–H and O–H groups in total. The van der Waals surface area contributed by atoms with Gasteiger partial charge in [-0.05, 0) is 258 Å². The first kappa shape index (κ1) is 118. The van der Waals surface area contributed by atoms with Crippen molar-refractivity contribution in [1.29, 1.82) is 0 Å². The Balaban J connectivity index is 0.000000217. The van der Waals surface area contributed by atoms with Gasteiger partial charge in [0.25, 0.3) is 0 Å². The number of nitrogens with one attached hydrogen (secondary N) is 6. The summed E-state index contributed by atoms with van der Waals surface area (Å²) in [5, 5.41) is 14.1. The molecule has 0 aromatic heterocycles. The number of halogens is 14. The van der Waals surface area contributed by atoms with Crippen molar-refractivity contribution < 1.29 is 143 Å². The maximum absolute atomic E-state index is 12.3. The lowest BCUT2D eigenvalue weighted by Gasteiger charge is -2.17. The number of ether oxygens (including phenoxy) is 13. The number of rotatable bonds is 33. The first-order chi connectivity index (χ1) is 70.3. The van der Waals surface area contributed by atoms with Gasteiger partial charge in [-0.15, -0.1) is 0 Å². The van der Waals surface area contributed by atoms with Crippen molar-refractivity contribution >= 4 is 109 Å². The predicted octanol–water partition coefficient (Wildman–Crippen LogP) is 31.0. The van der Waals surface area contributed by atoms with Crippen LogP contribution in [0.2, 0.25) is 0 Å². The number of benzene rings is 12. The molecule has 25 nitrogen and oxygen atoms in total. The molecule has 0 aliphatic heterocycles. The molecule has 1 aliphatic carbocycles. The summed E-state index contributed by atoms with van der Waals surface area (Å²) in [6.45, 7) is 9.32. The minimum absolute atomic E-state index is 0.116. The quantitative estimate of drug-likeness (QED) is 0.0127. The second kappa shape index (κ2) is 59.1. The van der Waals surface area contributed by atoms with E-state index >= 15 is 0 Å². The molecule has 1 aliphatic rings. The number of carbonyl (C=O) groups is 6. The SMILES string of the molecule is CCc1cccc(COc2ccc(C)cc2C)c1NC(=O)OC(F)F.COc1cccc(COc2ccc(C)cc2C)c1NC(=O)OC(F)F.Cc1ccc(OCc2cccc(Br)c2NC(=O)OC(F)F)c(C)c1.Cc1ccc(OCc2cccc(C)c2NC(=O)OC(F)F)c(C)c1.Cc1ccc(OCc2cccc(C3CC3)c2NC(=O)OC(F)F)c(C)c1.Cc1ccc(OCc2cccc(I)c2NC(=O)OC(F)F)c(C)c1. The average molecular weight is 2240 g/mol. The van der Waals surface area contributed by atoms with Crippen LogP contribution < -0.4 is 65.1 Å². The van der Waals surface area contributed by atoms with Gasteiger partial charge in [-0.3, -0.25) is 31.9 Å². The van der Waals surface area contributed by atoms with Gasteiger partial charge in [0, 0.05) is 41.4 Å². The van der Waals surface area contributed by atoms with Crippen LogP contribution >= 0.6 is 38.5 Å². The molecular weight excluding hydrogens is 2130 g/mol. The number of aryl methyl sites for hydroxylation is 14. The van der Waals surface area contributed by atoms with Crippen LogP contribution in [0, 0.1) is 93.6 Å². The molecule has 6 amide bonds. The van der Waals surface area contributed by atoms with E-state index in [9.17, 15) is 81.5 Å². The summed E-state index contributed by atoms with van der Waals surface area (Å²) in [6, 6.07) is 66.7. The highest BCUT2D eigenvalue weighted by Crippen LogP contribution is 2.45. The monoisotopic (exact) mass is 2240 g/mol. The number of anilines is 6. The highest BCUT2D eigenvalue weighted by molar-refractivity contribution is 14.1. The summed E-state index contributed by atoms with van der Waals surface area (Å²) in [5.74, 6) is 4.97. The molecule has 1 fully saturated rings. The van der Waals surface area contributed by atoms with Gasteiger partial charge in [0.2, 0.25) is 0 Å². The standard InChI is InChI=1S/C20H21F2NO3.C19H21F2NO3.C18H19F2NO4.C18H19F2NO3.C17H16BrF2NO3.C17H16F2INO3/c1-12-6-9-17(13(2)10-12)25-11-15-4-3-5-16(14-7-8-14)18(15)23-20(24)26-19(21)22;1-4-14-6-5-7-15(17(14)22-19(23)25-18(20)21)11-24-16-9-8-12(2)10-13(16)3;1-11-7-8-14(12(2)9-11)24-10-13-5-4-6-15(23-3)16(13)21-18(22)25-17(19)20;1-11-7-8-15(13(3)9-11)23-10-14-6-4-5-12(2)16(14)21-18(22)24-17(19)20;1-10-6-7-14(11(2)8-10)23-9-12-4-3-5-13(18)15(12)21-17(22)24-16(19)20;1-10-6-7-14(11(2)8-10)23-9-12-4-3-5-13(20)15(12)21-17(22)24-16(18)19/h3-6,9-10,14,19H,7-8,11H2,1-2H3,(H,23,24);5-10,18H,4,11H2,1-3H3,(H,22,23);4-9,17H,10H2,1-3H3,(H,21,22);4-9,17H,10H2,1-3H3,(H,21,22);2*3-8,16H,9H2,1-2H3,(H,21,22). The molecule has 12 aromatic rings. The van der Waals surface area contributed by atoms with Gasteiger partial charge in [0.15, 0.2) is 0 Å². The van der Waals surface area contributed by atoms with Crippen LogP contribution in [0.1, 0.15) is 143 Å². The molecule has 0 heterocycles. The minimum Gasteiger partial charge on any atom is -0.495 e. The van der Waals surface area contributed by atoms with Crippen LogP contribution in [0.15, 0.2) is 223 Å². The van der Waals surface area contributed by atoms with E-state index < -0.39 is 76.2 Å². The topological polar surface area (TPSA) is 295 Å². The first-order valence-electron chi connectivity index (χ1n) is 45.6. The van der Waals surface area contributed by atoms with Gasteiger partial charge in [0.1, 0.15) is 79.9 Å². The van der Waals surface area contributed by atoms with Crippen LogP contribution in [-0.4, -0.2) is 83.3 Å². The Morgan fingerprint density at radius 3 is 0.845 bits per heavy atom. The molecule has 790 valence electrons. The number of methoxy groups -OCH3 is 1. The summed E-state index contributed by atoms with van der Waals surface area (Å²) in [5.41, 5.74) is 21.4. The van der Waals surface area contributed by atoms with Gasteiger partial charge in [-0.1, -0.05) is 204 Å². The van der Waals surface area contributed by atoms with Crippen molar-refractivity contribution in [3.63, 3.8) is 0 Å². The van der Waals surface area contributed by atoms with Gasteiger partial charge >= 0.3 is 76.2 Å². The Morgan fingerprint density at radius 1 is 0.284 bits per heavy atom. The number of para-hydroxylation sites is 6. The summed E-state index contributed by atoms with van der Waals surface area (Å²) in [7, 11) is 1.41. The molecule has 0 saturated heterocycles. The zero-order valence-electron chi connectivity index (χ0n) is 83.2. The third-order valence-electron chi connectivity index (χ3n) is 21.5. The molecule has 0 spiro atoms. The largest absolute Gasteiger partial charge is 0.495 e. The van der Waals surface area contributed by atoms with Gasteiger partial charge in [-0.2, -0.15) is 52.7 Å². The van der Waals surface area contributed by atoms with Crippen molar-refractivity contribution in [1.82, 2.24) is 0 Å². The molecule has 12 aromatic carbocycles. The van der Waals surface area contributed by atoms with Gasteiger partial charge in [-0.25, -0.2) is 28.8 Å². The van der Waals surface area contributed by atoms with Crippen molar-refractivity contribution in [2.24, 2.45) is 0 Å². The summed E-state index contributed by atoms with van der Waals surface area (Å²) in [4.78, 5) is 69.0. The summed E-state index contributed by atoms with van der Waals surface area (Å²) in [6.07, 6.45) is -4.61. The molecule has 1 saturated carbocycles. The van der Waals surface area contributed by atoms with Gasteiger partial charge < -0.3 is 61.6 Å². The van der Waals surface area contributed by atoms with E-state index in [4.69, 9.17) is 33.2 Å². The highest BCUT2D eigenvalue weighted by atomic mass is 127. The first-order valence-corrected chi connectivity index (χ1v) is 47.5. The Bertz CT molecular complexity index is 6060. The van der Waals surface area contributed by atoms with Crippen molar-refractivity contribution in [3.8, 4) is 40.2 Å². The van der Waals surface area contributed by atoms with Crippen molar-refractivity contribution in [2.75, 3.05) is 39.0 Å². The third kappa shape index (κ3) is 39.9. The van der Waals surface area contributed by atoms with Gasteiger partial charge in [0.05, 0.1) is 41.2 Å². The number of carbonyl (C=O) groups excluding carboxylic acids is 6. The van der Waals surface area contributed by atoms with E-state index in [0.29, 0.717) is 93.9 Å². The predicted molar refractivity (Wildman–Crippen MR) is 550 cm³/mol. The Kier molecular flexibility index (Phi) is 47.3. The second-order valence-corrected chi connectivity index (χ2v) is 35.2. The number of hydrogen-bond donors (Lipinski definition) is 6. The lowest BCUT2D eigenvalue weighted by molar-refractivity contribution is -0.0777. The van der Waals surface area contributed by atoms with Crippen LogP contribution in [0.3, 0.4) is 0 Å². The van der Waals surface area contributed by atoms with Crippen LogP contribution in [0.5, 0.6) is 40.2 Å². The molecule has 148 heavy (non-hydrogen) atoms. The average Bonchev–Trinajstić information content (AvgIpc) is 1.65. The maximum Gasteiger partial charge on any atom is 0.416 e. The number of alkyl halides is 12. The maximum atomic E-state index is 12.3. The summed E-state index contributed by atoms with van der Waals surface area (Å²) < 4.78 is 211. The fraction of sp³-hybridized carbons (Fsp3) is 0.284. The fourth-order valence-electron chi connectivity index (χ4n) is 14.5. The minimum atomic E-state index is -3.20. The summed E-state index contributed by atoms with van der Waals surface area (Å²) >= 11 is 5.28. The van der Waals surface area contributed by atoms with E-state index in [1.165, 1.54) is 7.11 Å². The normalized spacial score (nSPS) is 11.1. The zero-order chi connectivity index (χ0) is 109. The lowest BCUT2D eigenvalue weighted by Crippen LogP contribution is -2.19. The van der Waals surface area contributed by atoms with E-state index in [1.807, 2.05) is 252 Å². The fourth-order valence-corrected chi connectivity index (χ4v) is 15.7. The molecule has 39 heteroatoms. The zero-order valence-corrected chi connectivity index (χ0v) is 87.0. The number of hydrogen-bond acceptors (Lipinski definition) is 19. The Morgan fingerprint density at radius 2 is 0.527 bits per heavy atom. The molecule has 0 radical (unpaired) electrons. The molecule has 0 bridgehead atoms. The lowest BCUT2D eigenvalue weighted by atomic mass is 10.0. The molecule has 0 unspecified atom stereocenters. The van der Waals surface area contributed by atoms with Crippen LogP contribution in [0.4, 0.5) is 116 Å². The van der Waals surface area contributed by atoms with E-state index in [2.05, 4.69) is 76.3 Å². The highest BCUT2D eigenvalue weighted by Gasteiger charge is 2.30. The van der Waals surface area contributed by atoms with Crippen LogP contribution in [-0.2, 0) is 74.5 Å². The number of amides is 6. The molecule has 13 rings (SSSR count). The van der Waals surface area contributed by atoms with E-state index in [-0.39, 0.29) is 45.3 Å². The van der Waals surface area contributed by atoms with Crippen LogP contribution in [0.25, 0.3) is 0 Å². The molecular formula is C109H112BrF12IN6O19. The van der Waals surface area contributed by atoms with Crippen molar-refractivity contribution in [3.05, 3.63) is 343 Å². The Hall–Kier alpha value is -14.8. The van der Waals surface area contributed by atoms with E-state index in [1.54, 1.807) is 85.8 Å². The molecule has 0 atom stereocenters. The Labute approximate surface area is 870 Å². The van der Waals surface area contributed by atoms with Crippen molar-refractivity contribution in [2.45, 2.75) is 201 Å². The smallest absolute Gasteiger partial charge is 0.416 e. The van der Waals surface area contributed by atoms with E-state index in [0.717, 1.165) is 125 Å². The second-order valence-electron chi connectivity index (χ2n) is 33.2. The third-order valence-corrected chi connectivity index (χ3v) is 23.1.